The van der Waals surface area contributed by atoms with Crippen LogP contribution in [0, 0.1) is 0 Å². The first kappa shape index (κ1) is 17.8. The van der Waals surface area contributed by atoms with E-state index in [1.54, 1.807) is 30.3 Å². The quantitative estimate of drug-likeness (QED) is 0.720. The summed E-state index contributed by atoms with van der Waals surface area (Å²) in [6.07, 6.45) is 2.29. The van der Waals surface area contributed by atoms with Crippen LogP contribution in [0.1, 0.15) is 31.4 Å². The van der Waals surface area contributed by atoms with Crippen LogP contribution in [0.5, 0.6) is 5.88 Å². The summed E-state index contributed by atoms with van der Waals surface area (Å²) in [4.78, 5) is 37.0. The van der Waals surface area contributed by atoms with Gasteiger partial charge in [-0.3, -0.25) is 14.9 Å². The Morgan fingerprint density at radius 2 is 2.15 bits per heavy atom. The first-order valence-electron chi connectivity index (χ1n) is 8.56. The molecule has 0 spiro atoms. The van der Waals surface area contributed by atoms with Crippen molar-refractivity contribution in [2.24, 2.45) is 0 Å². The highest BCUT2D eigenvalue weighted by Gasteiger charge is 2.30. The van der Waals surface area contributed by atoms with Crippen molar-refractivity contribution >= 4 is 28.6 Å². The number of amides is 4. The lowest BCUT2D eigenvalue weighted by molar-refractivity contribution is -0.135. The van der Waals surface area contributed by atoms with Crippen LogP contribution in [0.15, 0.2) is 24.4 Å². The van der Waals surface area contributed by atoms with Gasteiger partial charge >= 0.3 is 6.03 Å². The number of imide groups is 1. The van der Waals surface area contributed by atoms with Crippen molar-refractivity contribution in [3.8, 4) is 5.88 Å². The van der Waals surface area contributed by atoms with E-state index in [0.717, 1.165) is 10.9 Å². The third-order valence-corrected chi connectivity index (χ3v) is 4.58. The SMILES string of the molecule is CCNC(=O)N(C)Cc1cccc2c(O)n(C3CCC(=O)NC3=O)cc12. The molecule has 0 radical (unpaired) electrons. The number of aromatic nitrogens is 1. The Morgan fingerprint density at radius 1 is 1.38 bits per heavy atom. The van der Waals surface area contributed by atoms with Crippen molar-refractivity contribution in [3.05, 3.63) is 30.0 Å². The average molecular weight is 358 g/mol. The fourth-order valence-electron chi connectivity index (χ4n) is 3.24. The summed E-state index contributed by atoms with van der Waals surface area (Å²) in [6.45, 7) is 2.76. The van der Waals surface area contributed by atoms with E-state index in [9.17, 15) is 19.5 Å². The van der Waals surface area contributed by atoms with Crippen LogP contribution >= 0.6 is 0 Å². The van der Waals surface area contributed by atoms with Crippen LogP contribution in [0.25, 0.3) is 10.8 Å². The molecule has 1 aliphatic rings. The monoisotopic (exact) mass is 358 g/mol. The van der Waals surface area contributed by atoms with Gasteiger partial charge in [0, 0.05) is 43.5 Å². The Morgan fingerprint density at radius 3 is 2.85 bits per heavy atom. The van der Waals surface area contributed by atoms with Gasteiger partial charge in [0.1, 0.15) is 6.04 Å². The predicted octanol–water partition coefficient (Wildman–Crippen LogP) is 1.49. The molecule has 2 heterocycles. The van der Waals surface area contributed by atoms with Gasteiger partial charge in [-0.05, 0) is 25.0 Å². The van der Waals surface area contributed by atoms with E-state index in [-0.39, 0.29) is 24.2 Å². The van der Waals surface area contributed by atoms with Crippen LogP contribution < -0.4 is 10.6 Å². The van der Waals surface area contributed by atoms with Crippen molar-refractivity contribution in [2.45, 2.75) is 32.4 Å². The summed E-state index contributed by atoms with van der Waals surface area (Å²) in [5, 5.41) is 17.0. The Kier molecular flexibility index (Phi) is 4.83. The molecule has 3 rings (SSSR count). The van der Waals surface area contributed by atoms with E-state index < -0.39 is 11.9 Å². The van der Waals surface area contributed by atoms with Gasteiger partial charge in [0.25, 0.3) is 0 Å². The molecular weight excluding hydrogens is 336 g/mol. The summed E-state index contributed by atoms with van der Waals surface area (Å²) in [5.74, 6) is -0.735. The molecule has 1 fully saturated rings. The number of urea groups is 1. The van der Waals surface area contributed by atoms with E-state index in [2.05, 4.69) is 10.6 Å². The summed E-state index contributed by atoms with van der Waals surface area (Å²) in [7, 11) is 1.70. The lowest BCUT2D eigenvalue weighted by Crippen LogP contribution is -2.41. The molecule has 8 nitrogen and oxygen atoms in total. The number of carbonyl (C=O) groups excluding carboxylic acids is 3. The van der Waals surface area contributed by atoms with Gasteiger partial charge in [-0.2, -0.15) is 0 Å². The number of hydrogen-bond donors (Lipinski definition) is 3. The van der Waals surface area contributed by atoms with E-state index >= 15 is 0 Å². The number of rotatable bonds is 4. The second-order valence-electron chi connectivity index (χ2n) is 6.40. The lowest BCUT2D eigenvalue weighted by atomic mass is 10.1. The van der Waals surface area contributed by atoms with Crippen LogP contribution in [-0.4, -0.2) is 46.0 Å². The number of carbonyl (C=O) groups is 3. The van der Waals surface area contributed by atoms with E-state index in [4.69, 9.17) is 0 Å². The van der Waals surface area contributed by atoms with Crippen LogP contribution in [-0.2, 0) is 16.1 Å². The van der Waals surface area contributed by atoms with Crippen molar-refractivity contribution in [1.82, 2.24) is 20.1 Å². The highest BCUT2D eigenvalue weighted by atomic mass is 16.3. The van der Waals surface area contributed by atoms with Gasteiger partial charge in [-0.1, -0.05) is 12.1 Å². The Labute approximate surface area is 150 Å². The van der Waals surface area contributed by atoms with E-state index in [1.165, 1.54) is 4.57 Å². The number of nitrogens with zero attached hydrogens (tertiary/aromatic N) is 2. The fraction of sp³-hybridized carbons (Fsp3) is 0.389. The maximum Gasteiger partial charge on any atom is 0.317 e. The number of piperidine rings is 1. The summed E-state index contributed by atoms with van der Waals surface area (Å²) in [5.41, 5.74) is 0.859. The highest BCUT2D eigenvalue weighted by Crippen LogP contribution is 2.34. The maximum atomic E-state index is 12.1. The molecule has 26 heavy (non-hydrogen) atoms. The third-order valence-electron chi connectivity index (χ3n) is 4.58. The van der Waals surface area contributed by atoms with Crippen molar-refractivity contribution in [3.63, 3.8) is 0 Å². The van der Waals surface area contributed by atoms with Crippen molar-refractivity contribution in [1.29, 1.82) is 0 Å². The maximum absolute atomic E-state index is 12.1. The van der Waals surface area contributed by atoms with Gasteiger partial charge in [-0.15, -0.1) is 0 Å². The first-order valence-corrected chi connectivity index (χ1v) is 8.56. The zero-order valence-electron chi connectivity index (χ0n) is 14.8. The summed E-state index contributed by atoms with van der Waals surface area (Å²) >= 11 is 0. The molecule has 1 aromatic carbocycles. The highest BCUT2D eigenvalue weighted by molar-refractivity contribution is 6.00. The Balaban J connectivity index is 1.94. The Bertz CT molecular complexity index is 873. The molecule has 1 saturated heterocycles. The largest absolute Gasteiger partial charge is 0.494 e. The Hall–Kier alpha value is -3.03. The number of benzene rings is 1. The predicted molar refractivity (Wildman–Crippen MR) is 95.6 cm³/mol. The van der Waals surface area contributed by atoms with Gasteiger partial charge < -0.3 is 19.9 Å². The van der Waals surface area contributed by atoms with Crippen molar-refractivity contribution in [2.75, 3.05) is 13.6 Å². The molecule has 0 bridgehead atoms. The number of nitrogens with one attached hydrogen (secondary N) is 2. The van der Waals surface area contributed by atoms with Crippen LogP contribution in [0.3, 0.4) is 0 Å². The molecule has 1 aliphatic heterocycles. The van der Waals surface area contributed by atoms with Crippen molar-refractivity contribution < 1.29 is 19.5 Å². The second kappa shape index (κ2) is 7.07. The summed E-state index contributed by atoms with van der Waals surface area (Å²) < 4.78 is 1.50. The molecular formula is C18H22N4O4. The average Bonchev–Trinajstić information content (AvgIpc) is 2.93. The molecule has 138 valence electrons. The number of hydrogen-bond acceptors (Lipinski definition) is 4. The standard InChI is InChI=1S/C18H22N4O4/c1-3-19-18(26)21(2)9-11-5-4-6-12-13(11)10-22(17(12)25)14-7-8-15(23)20-16(14)24/h4-6,10,14,25H,3,7-9H2,1-2H3,(H,19,26)(H,20,23,24). The summed E-state index contributed by atoms with van der Waals surface area (Å²) in [6, 6.07) is 4.64. The van der Waals surface area contributed by atoms with Crippen LogP contribution in [0.2, 0.25) is 0 Å². The molecule has 1 unspecified atom stereocenters. The zero-order chi connectivity index (χ0) is 18.8. The van der Waals surface area contributed by atoms with Gasteiger partial charge in [0.15, 0.2) is 5.88 Å². The van der Waals surface area contributed by atoms with Gasteiger partial charge in [-0.25, -0.2) is 4.79 Å². The molecule has 1 aromatic heterocycles. The molecule has 2 aromatic rings. The first-order chi connectivity index (χ1) is 12.4. The minimum Gasteiger partial charge on any atom is -0.494 e. The van der Waals surface area contributed by atoms with Gasteiger partial charge in [0.2, 0.25) is 11.8 Å². The smallest absolute Gasteiger partial charge is 0.317 e. The third kappa shape index (κ3) is 3.22. The topological polar surface area (TPSA) is 104 Å². The normalized spacial score (nSPS) is 17.2. The second-order valence-corrected chi connectivity index (χ2v) is 6.40. The van der Waals surface area contributed by atoms with E-state index in [0.29, 0.717) is 24.9 Å². The molecule has 0 saturated carbocycles. The number of fused-ring (bicyclic) bond motifs is 1. The van der Waals surface area contributed by atoms with Crippen LogP contribution in [0.4, 0.5) is 4.79 Å². The molecule has 0 aliphatic carbocycles. The molecule has 8 heteroatoms. The van der Waals surface area contributed by atoms with E-state index in [1.807, 2.05) is 13.0 Å². The lowest BCUT2D eigenvalue weighted by Gasteiger charge is -2.22. The zero-order valence-corrected chi connectivity index (χ0v) is 14.8. The molecule has 4 amide bonds. The minimum atomic E-state index is -0.630. The number of aromatic hydroxyl groups is 1. The fourth-order valence-corrected chi connectivity index (χ4v) is 3.24. The minimum absolute atomic E-state index is 0.0167. The molecule has 1 atom stereocenters. The molecule has 3 N–H and O–H groups in total. The van der Waals surface area contributed by atoms with Gasteiger partial charge in [0.05, 0.1) is 0 Å².